The van der Waals surface area contributed by atoms with Gasteiger partial charge < -0.3 is 0 Å². The molecule has 4 aromatic heterocycles. The van der Waals surface area contributed by atoms with E-state index < -0.39 is 0 Å². The Bertz CT molecular complexity index is 2500. The molecule has 0 fully saturated rings. The summed E-state index contributed by atoms with van der Waals surface area (Å²) in [5.74, 6) is 1.93. The molecule has 4 heterocycles. The molecule has 0 atom stereocenters. The summed E-state index contributed by atoms with van der Waals surface area (Å²) < 4.78 is 2.48. The molecule has 0 aliphatic heterocycles. The smallest absolute Gasteiger partial charge is 0.164 e. The van der Waals surface area contributed by atoms with Crippen molar-refractivity contribution >= 4 is 42.4 Å². The van der Waals surface area contributed by atoms with Crippen LogP contribution in [0.2, 0.25) is 0 Å². The number of fused-ring (bicyclic) bond motifs is 4. The Morgan fingerprint density at radius 1 is 0.404 bits per heavy atom. The van der Waals surface area contributed by atoms with Crippen LogP contribution in [0.1, 0.15) is 0 Å². The fraction of sp³-hybridized carbons (Fsp3) is 0. The highest BCUT2D eigenvalue weighted by molar-refractivity contribution is 7.25. The van der Waals surface area contributed by atoms with Crippen LogP contribution in [0.3, 0.4) is 0 Å². The average Bonchev–Trinajstić information content (AvgIpc) is 3.54. The van der Waals surface area contributed by atoms with E-state index in [2.05, 4.69) is 84.9 Å². The lowest BCUT2D eigenvalue weighted by Gasteiger charge is -2.11. The second-order valence-electron chi connectivity index (χ2n) is 11.3. The molecule has 6 heteroatoms. The van der Waals surface area contributed by atoms with Crippen molar-refractivity contribution < 1.29 is 0 Å². The van der Waals surface area contributed by atoms with Gasteiger partial charge in [-0.3, -0.25) is 4.98 Å². The third-order valence-electron chi connectivity index (χ3n) is 8.42. The van der Waals surface area contributed by atoms with Gasteiger partial charge in [0.2, 0.25) is 0 Å². The molecule has 0 saturated carbocycles. The Balaban J connectivity index is 1.10. The van der Waals surface area contributed by atoms with Gasteiger partial charge in [0, 0.05) is 48.4 Å². The summed E-state index contributed by atoms with van der Waals surface area (Å²) in [4.78, 5) is 24.5. The second-order valence-corrected chi connectivity index (χ2v) is 12.4. The number of pyridine rings is 2. The van der Waals surface area contributed by atoms with Crippen LogP contribution in [0.15, 0.2) is 152 Å². The van der Waals surface area contributed by atoms with Gasteiger partial charge in [0.1, 0.15) is 0 Å². The zero-order valence-electron chi connectivity index (χ0n) is 25.1. The Hall–Kier alpha value is -6.11. The van der Waals surface area contributed by atoms with Gasteiger partial charge in [-0.25, -0.2) is 19.9 Å². The summed E-state index contributed by atoms with van der Waals surface area (Å²) in [6, 6.07) is 49.7. The molecule has 9 rings (SSSR count). The first-order chi connectivity index (χ1) is 23.3. The van der Waals surface area contributed by atoms with Crippen LogP contribution in [-0.4, -0.2) is 24.9 Å². The van der Waals surface area contributed by atoms with Crippen molar-refractivity contribution in [3.8, 4) is 56.7 Å². The molecule has 9 aromatic rings. The van der Waals surface area contributed by atoms with Crippen LogP contribution < -0.4 is 0 Å². The van der Waals surface area contributed by atoms with Crippen molar-refractivity contribution in [2.75, 3.05) is 0 Å². The molecular weight excluding hydrogens is 595 g/mol. The number of nitrogens with zero attached hydrogens (tertiary/aromatic N) is 5. The van der Waals surface area contributed by atoms with E-state index in [4.69, 9.17) is 24.9 Å². The lowest BCUT2D eigenvalue weighted by atomic mass is 9.98. The van der Waals surface area contributed by atoms with Gasteiger partial charge in [0.15, 0.2) is 17.5 Å². The van der Waals surface area contributed by atoms with E-state index in [9.17, 15) is 0 Å². The molecule has 47 heavy (non-hydrogen) atoms. The van der Waals surface area contributed by atoms with Crippen molar-refractivity contribution in [3.05, 3.63) is 152 Å². The molecule has 0 saturated heterocycles. The summed E-state index contributed by atoms with van der Waals surface area (Å²) in [6.07, 6.45) is 1.88. The quantitative estimate of drug-likeness (QED) is 0.192. The number of hydrogen-bond acceptors (Lipinski definition) is 6. The standard InChI is InChI=1S/C41H25N5S/c1-3-10-27(11-4-1)39-44-40(28-12-5-2-6-13-28)46-41(45-39)29-20-18-26(19-21-29)30-15-9-16-33-31(30)22-23-34(43-33)38-37-32-14-7-8-17-35(32)47-36(37)24-25-42-38/h1-25H. The van der Waals surface area contributed by atoms with Gasteiger partial charge >= 0.3 is 0 Å². The third kappa shape index (κ3) is 4.92. The molecule has 5 aromatic carbocycles. The highest BCUT2D eigenvalue weighted by Gasteiger charge is 2.15. The van der Waals surface area contributed by atoms with Crippen LogP contribution in [0.4, 0.5) is 0 Å². The fourth-order valence-corrected chi connectivity index (χ4v) is 7.24. The Labute approximate surface area is 275 Å². The zero-order valence-corrected chi connectivity index (χ0v) is 25.9. The topological polar surface area (TPSA) is 64.5 Å². The van der Waals surface area contributed by atoms with E-state index in [-0.39, 0.29) is 0 Å². The highest BCUT2D eigenvalue weighted by Crippen LogP contribution is 2.39. The minimum atomic E-state index is 0.635. The van der Waals surface area contributed by atoms with Gasteiger partial charge in [-0.05, 0) is 41.5 Å². The van der Waals surface area contributed by atoms with E-state index in [1.54, 1.807) is 11.3 Å². The molecule has 0 aliphatic rings. The molecule has 0 aliphatic carbocycles. The van der Waals surface area contributed by atoms with E-state index in [0.29, 0.717) is 17.5 Å². The molecular formula is C41H25N5S. The van der Waals surface area contributed by atoms with E-state index >= 15 is 0 Å². The predicted molar refractivity (Wildman–Crippen MR) is 193 cm³/mol. The summed E-state index contributed by atoms with van der Waals surface area (Å²) in [7, 11) is 0. The van der Waals surface area contributed by atoms with Gasteiger partial charge in [-0.15, -0.1) is 11.3 Å². The first kappa shape index (κ1) is 27.2. The molecule has 0 radical (unpaired) electrons. The van der Waals surface area contributed by atoms with Crippen LogP contribution in [0, 0.1) is 0 Å². The molecule has 0 N–H and O–H groups in total. The molecule has 0 amide bonds. The van der Waals surface area contributed by atoms with Crippen molar-refractivity contribution in [1.82, 2.24) is 24.9 Å². The molecule has 0 bridgehead atoms. The minimum absolute atomic E-state index is 0.635. The van der Waals surface area contributed by atoms with Crippen LogP contribution in [0.5, 0.6) is 0 Å². The Morgan fingerprint density at radius 2 is 1.02 bits per heavy atom. The number of hydrogen-bond donors (Lipinski definition) is 0. The average molecular weight is 620 g/mol. The lowest BCUT2D eigenvalue weighted by Crippen LogP contribution is -2.00. The number of rotatable bonds is 5. The maximum absolute atomic E-state index is 5.13. The van der Waals surface area contributed by atoms with E-state index in [0.717, 1.165) is 55.5 Å². The third-order valence-corrected chi connectivity index (χ3v) is 9.55. The molecule has 0 spiro atoms. The second kappa shape index (κ2) is 11.4. The van der Waals surface area contributed by atoms with E-state index in [1.165, 1.54) is 14.8 Å². The number of benzene rings is 5. The predicted octanol–water partition coefficient (Wildman–Crippen LogP) is 10.5. The molecule has 5 nitrogen and oxygen atoms in total. The van der Waals surface area contributed by atoms with Crippen LogP contribution in [0.25, 0.3) is 87.8 Å². The van der Waals surface area contributed by atoms with Gasteiger partial charge in [-0.1, -0.05) is 115 Å². The Morgan fingerprint density at radius 3 is 1.72 bits per heavy atom. The lowest BCUT2D eigenvalue weighted by molar-refractivity contribution is 1.07. The van der Waals surface area contributed by atoms with E-state index in [1.807, 2.05) is 66.9 Å². The Kier molecular flexibility index (Phi) is 6.58. The molecule has 220 valence electrons. The van der Waals surface area contributed by atoms with Crippen molar-refractivity contribution in [2.24, 2.45) is 0 Å². The van der Waals surface area contributed by atoms with Gasteiger partial charge in [-0.2, -0.15) is 0 Å². The molecule has 0 unspecified atom stereocenters. The first-order valence-corrected chi connectivity index (χ1v) is 16.2. The fourth-order valence-electron chi connectivity index (χ4n) is 6.14. The largest absolute Gasteiger partial charge is 0.254 e. The summed E-state index contributed by atoms with van der Waals surface area (Å²) in [5.41, 5.74) is 7.76. The summed E-state index contributed by atoms with van der Waals surface area (Å²) in [5, 5.41) is 3.47. The first-order valence-electron chi connectivity index (χ1n) is 15.4. The van der Waals surface area contributed by atoms with Crippen LogP contribution >= 0.6 is 11.3 Å². The minimum Gasteiger partial charge on any atom is -0.254 e. The van der Waals surface area contributed by atoms with Crippen molar-refractivity contribution in [1.29, 1.82) is 0 Å². The maximum Gasteiger partial charge on any atom is 0.164 e. The van der Waals surface area contributed by atoms with Crippen LogP contribution in [-0.2, 0) is 0 Å². The zero-order chi connectivity index (χ0) is 31.2. The SMILES string of the molecule is c1ccc(-c2nc(-c3ccccc3)nc(-c3ccc(-c4cccc5nc(-c6nccc7sc8ccccc8c67)ccc45)cc3)n2)cc1. The normalized spacial score (nSPS) is 11.4. The summed E-state index contributed by atoms with van der Waals surface area (Å²) >= 11 is 1.79. The highest BCUT2D eigenvalue weighted by atomic mass is 32.1. The van der Waals surface area contributed by atoms with Gasteiger partial charge in [0.05, 0.1) is 16.9 Å². The number of thiophene rings is 1. The maximum atomic E-state index is 5.13. The van der Waals surface area contributed by atoms with Crippen molar-refractivity contribution in [3.63, 3.8) is 0 Å². The van der Waals surface area contributed by atoms with Gasteiger partial charge in [0.25, 0.3) is 0 Å². The monoisotopic (exact) mass is 619 g/mol. The summed E-state index contributed by atoms with van der Waals surface area (Å²) in [6.45, 7) is 0. The van der Waals surface area contributed by atoms with Crippen molar-refractivity contribution in [2.45, 2.75) is 0 Å². The number of aromatic nitrogens is 5.